The van der Waals surface area contributed by atoms with E-state index in [1.165, 1.54) is 9.80 Å². The van der Waals surface area contributed by atoms with Gasteiger partial charge in [-0.15, -0.1) is 0 Å². The second-order valence-electron chi connectivity index (χ2n) is 10.1. The van der Waals surface area contributed by atoms with Gasteiger partial charge in [-0.3, -0.25) is 29.0 Å². The highest BCUT2D eigenvalue weighted by atomic mass is 16.2. The first-order chi connectivity index (χ1) is 17.2. The Labute approximate surface area is 211 Å². The molecular formula is C28H32N4O4. The van der Waals surface area contributed by atoms with E-state index in [0.29, 0.717) is 37.6 Å². The zero-order valence-corrected chi connectivity index (χ0v) is 21.3. The second-order valence-corrected chi connectivity index (χ2v) is 10.1. The van der Waals surface area contributed by atoms with E-state index in [2.05, 4.69) is 9.80 Å². The highest BCUT2D eigenvalue weighted by Crippen LogP contribution is 2.33. The topological polar surface area (TPSA) is 81.2 Å². The first-order valence-electron chi connectivity index (χ1n) is 12.5. The minimum atomic E-state index is -0.495. The number of amides is 4. The van der Waals surface area contributed by atoms with Gasteiger partial charge in [0.05, 0.1) is 36.3 Å². The highest BCUT2D eigenvalue weighted by molar-refractivity contribution is 6.24. The van der Waals surface area contributed by atoms with Gasteiger partial charge < -0.3 is 0 Å². The summed E-state index contributed by atoms with van der Waals surface area (Å²) in [5, 5.41) is 0. The molecule has 3 aliphatic heterocycles. The van der Waals surface area contributed by atoms with Crippen molar-refractivity contribution in [3.63, 3.8) is 0 Å². The fourth-order valence-corrected chi connectivity index (χ4v) is 5.95. The van der Waals surface area contributed by atoms with Crippen LogP contribution in [-0.4, -0.2) is 71.7 Å². The zero-order chi connectivity index (χ0) is 25.7. The molecule has 0 saturated carbocycles. The van der Waals surface area contributed by atoms with Crippen LogP contribution in [0.4, 0.5) is 11.4 Å². The molecule has 188 valence electrons. The molecule has 0 N–H and O–H groups in total. The van der Waals surface area contributed by atoms with Crippen LogP contribution in [0.1, 0.15) is 35.1 Å². The van der Waals surface area contributed by atoms with Gasteiger partial charge in [-0.05, 0) is 49.9 Å². The Kier molecular flexibility index (Phi) is 6.26. The van der Waals surface area contributed by atoms with Crippen molar-refractivity contribution in [2.75, 3.05) is 36.0 Å². The third-order valence-electron chi connectivity index (χ3n) is 7.80. The van der Waals surface area contributed by atoms with Crippen LogP contribution in [0.15, 0.2) is 36.4 Å². The van der Waals surface area contributed by atoms with Gasteiger partial charge in [0.15, 0.2) is 0 Å². The Morgan fingerprint density at radius 3 is 1.17 bits per heavy atom. The van der Waals surface area contributed by atoms with Crippen LogP contribution in [0.5, 0.6) is 0 Å². The smallest absolute Gasteiger partial charge is 0.251 e. The third kappa shape index (κ3) is 3.94. The molecule has 2 aromatic rings. The molecule has 3 heterocycles. The maximum Gasteiger partial charge on any atom is 0.251 e. The van der Waals surface area contributed by atoms with Crippen LogP contribution in [0, 0.1) is 27.7 Å². The number of hydrogen-bond acceptors (Lipinski definition) is 6. The Morgan fingerprint density at radius 2 is 0.861 bits per heavy atom. The number of para-hydroxylation sites is 2. The summed E-state index contributed by atoms with van der Waals surface area (Å²) in [4.78, 5) is 59.3. The van der Waals surface area contributed by atoms with Crippen molar-refractivity contribution < 1.29 is 19.2 Å². The van der Waals surface area contributed by atoms with E-state index < -0.39 is 12.1 Å². The summed E-state index contributed by atoms with van der Waals surface area (Å²) in [6.07, 6.45) is 0.321. The van der Waals surface area contributed by atoms with Gasteiger partial charge in [0, 0.05) is 26.2 Å². The van der Waals surface area contributed by atoms with Crippen molar-refractivity contribution in [3.05, 3.63) is 58.7 Å². The molecule has 8 heteroatoms. The first kappa shape index (κ1) is 24.3. The van der Waals surface area contributed by atoms with Gasteiger partial charge in [-0.2, -0.15) is 0 Å². The maximum absolute atomic E-state index is 13.4. The molecule has 2 atom stereocenters. The van der Waals surface area contributed by atoms with Crippen molar-refractivity contribution in [1.29, 1.82) is 0 Å². The monoisotopic (exact) mass is 488 g/mol. The van der Waals surface area contributed by atoms with E-state index in [4.69, 9.17) is 0 Å². The van der Waals surface area contributed by atoms with E-state index in [9.17, 15) is 19.2 Å². The fraction of sp³-hybridized carbons (Fsp3) is 0.429. The van der Waals surface area contributed by atoms with E-state index >= 15 is 0 Å². The summed E-state index contributed by atoms with van der Waals surface area (Å²) in [5.74, 6) is -0.713. The summed E-state index contributed by atoms with van der Waals surface area (Å²) in [6.45, 7) is 9.90. The zero-order valence-electron chi connectivity index (χ0n) is 21.3. The number of anilines is 2. The molecule has 8 nitrogen and oxygen atoms in total. The third-order valence-corrected chi connectivity index (χ3v) is 7.80. The van der Waals surface area contributed by atoms with E-state index in [1.807, 2.05) is 64.1 Å². The van der Waals surface area contributed by atoms with Gasteiger partial charge in [-0.25, -0.2) is 9.80 Å². The number of imide groups is 2. The molecule has 0 aromatic heterocycles. The molecule has 0 radical (unpaired) electrons. The highest BCUT2D eigenvalue weighted by Gasteiger charge is 2.47. The number of hydrogen-bond donors (Lipinski definition) is 0. The number of carbonyl (C=O) groups is 4. The molecule has 5 rings (SSSR count). The van der Waals surface area contributed by atoms with Gasteiger partial charge >= 0.3 is 0 Å². The number of nitrogens with zero attached hydrogens (tertiary/aromatic N) is 4. The predicted molar refractivity (Wildman–Crippen MR) is 137 cm³/mol. The maximum atomic E-state index is 13.4. The summed E-state index contributed by atoms with van der Waals surface area (Å²) < 4.78 is 0. The lowest BCUT2D eigenvalue weighted by molar-refractivity contribution is -0.126. The molecule has 0 aliphatic carbocycles. The molecule has 2 unspecified atom stereocenters. The van der Waals surface area contributed by atoms with Crippen LogP contribution in [0.3, 0.4) is 0 Å². The molecule has 3 fully saturated rings. The summed E-state index contributed by atoms with van der Waals surface area (Å²) >= 11 is 0. The molecule has 0 spiro atoms. The Bertz CT molecular complexity index is 1130. The summed E-state index contributed by atoms with van der Waals surface area (Å²) in [7, 11) is 0. The van der Waals surface area contributed by atoms with Crippen LogP contribution in [0.2, 0.25) is 0 Å². The SMILES string of the molecule is Cc1cccc(C)c1N1C(=O)CC(N2CCN(C3CC(=O)N(c4c(C)cccc4C)C3=O)CC2)C1=O. The Hall–Kier alpha value is -3.36. The predicted octanol–water partition coefficient (Wildman–Crippen LogP) is 2.50. The van der Waals surface area contributed by atoms with Crippen molar-refractivity contribution >= 4 is 35.0 Å². The quantitative estimate of drug-likeness (QED) is 0.616. The van der Waals surface area contributed by atoms with Crippen LogP contribution < -0.4 is 9.80 Å². The minimum Gasteiger partial charge on any atom is -0.289 e. The van der Waals surface area contributed by atoms with Crippen molar-refractivity contribution in [1.82, 2.24) is 9.80 Å². The van der Waals surface area contributed by atoms with Crippen LogP contribution in [-0.2, 0) is 19.2 Å². The lowest BCUT2D eigenvalue weighted by Crippen LogP contribution is -2.56. The molecule has 3 saturated heterocycles. The number of benzene rings is 2. The van der Waals surface area contributed by atoms with Crippen molar-refractivity contribution in [2.45, 2.75) is 52.6 Å². The number of rotatable bonds is 4. The second kappa shape index (κ2) is 9.26. The van der Waals surface area contributed by atoms with Gasteiger partial charge in [-0.1, -0.05) is 36.4 Å². The Balaban J connectivity index is 1.27. The van der Waals surface area contributed by atoms with Gasteiger partial charge in [0.2, 0.25) is 11.8 Å². The van der Waals surface area contributed by atoms with Crippen molar-refractivity contribution in [3.8, 4) is 0 Å². The number of carbonyl (C=O) groups excluding carboxylic acids is 4. The average molecular weight is 489 g/mol. The number of piperazine rings is 1. The van der Waals surface area contributed by atoms with Crippen molar-refractivity contribution in [2.24, 2.45) is 0 Å². The first-order valence-corrected chi connectivity index (χ1v) is 12.5. The lowest BCUT2D eigenvalue weighted by atomic mass is 10.1. The van der Waals surface area contributed by atoms with E-state index in [1.54, 1.807) is 0 Å². The minimum absolute atomic E-state index is 0.161. The fourth-order valence-electron chi connectivity index (χ4n) is 5.95. The molecule has 3 aliphatic rings. The molecule has 0 bridgehead atoms. The van der Waals surface area contributed by atoms with Gasteiger partial charge in [0.25, 0.3) is 11.8 Å². The van der Waals surface area contributed by atoms with Gasteiger partial charge in [0.1, 0.15) is 0 Å². The number of aryl methyl sites for hydroxylation is 4. The normalized spacial score (nSPS) is 23.9. The van der Waals surface area contributed by atoms with Crippen LogP contribution in [0.25, 0.3) is 0 Å². The molecular weight excluding hydrogens is 456 g/mol. The summed E-state index contributed by atoms with van der Waals surface area (Å²) in [5.41, 5.74) is 4.99. The Morgan fingerprint density at radius 1 is 0.556 bits per heavy atom. The standard InChI is InChI=1S/C28H32N4O4/c1-17-7-5-8-18(2)25(17)31-23(33)15-21(27(31)35)29-11-13-30(14-12-29)22-16-24(34)32(28(22)36)26-19(3)9-6-10-20(26)4/h5-10,21-22H,11-16H2,1-4H3. The molecule has 4 amide bonds. The molecule has 36 heavy (non-hydrogen) atoms. The van der Waals surface area contributed by atoms with E-state index in [0.717, 1.165) is 22.3 Å². The molecule has 2 aromatic carbocycles. The average Bonchev–Trinajstić information content (AvgIpc) is 3.29. The summed E-state index contributed by atoms with van der Waals surface area (Å²) in [6, 6.07) is 10.5. The van der Waals surface area contributed by atoms with Crippen LogP contribution >= 0.6 is 0 Å². The van der Waals surface area contributed by atoms with E-state index in [-0.39, 0.29) is 36.5 Å². The lowest BCUT2D eigenvalue weighted by Gasteiger charge is -2.39. The largest absolute Gasteiger partial charge is 0.289 e.